The van der Waals surface area contributed by atoms with Crippen LogP contribution < -0.4 is 5.32 Å². The third kappa shape index (κ3) is 4.78. The fourth-order valence-corrected chi connectivity index (χ4v) is 2.58. The molecule has 4 heteroatoms. The predicted molar refractivity (Wildman–Crippen MR) is 82.3 cm³/mol. The summed E-state index contributed by atoms with van der Waals surface area (Å²) < 4.78 is 0. The largest absolute Gasteiger partial charge is 0.478 e. The monoisotopic (exact) mass is 281 g/mol. The summed E-state index contributed by atoms with van der Waals surface area (Å²) >= 11 is 1.46. The van der Waals surface area contributed by atoms with Crippen LogP contribution in [0.15, 0.2) is 23.1 Å². The number of hydrogen-bond donors (Lipinski definition) is 2. The third-order valence-corrected chi connectivity index (χ3v) is 3.82. The van der Waals surface area contributed by atoms with Crippen LogP contribution in [0.25, 0.3) is 0 Å². The number of carboxylic acid groups (broad SMARTS) is 1. The molecule has 106 valence electrons. The first-order valence-corrected chi connectivity index (χ1v) is 7.85. The van der Waals surface area contributed by atoms with Gasteiger partial charge in [0.1, 0.15) is 0 Å². The van der Waals surface area contributed by atoms with Crippen molar-refractivity contribution < 1.29 is 9.90 Å². The maximum Gasteiger partial charge on any atom is 0.338 e. The molecule has 0 aliphatic heterocycles. The van der Waals surface area contributed by atoms with Gasteiger partial charge in [0.25, 0.3) is 0 Å². The van der Waals surface area contributed by atoms with Crippen molar-refractivity contribution in [1.29, 1.82) is 0 Å². The highest BCUT2D eigenvalue weighted by Gasteiger charge is 2.16. The summed E-state index contributed by atoms with van der Waals surface area (Å²) in [5, 5.41) is 12.7. The lowest BCUT2D eigenvalue weighted by Crippen LogP contribution is -2.18. The second kappa shape index (κ2) is 7.43. The van der Waals surface area contributed by atoms with E-state index in [1.54, 1.807) is 0 Å². The van der Waals surface area contributed by atoms with Crippen molar-refractivity contribution >= 4 is 23.4 Å². The molecule has 1 aromatic rings. The molecule has 1 unspecified atom stereocenters. The Morgan fingerprint density at radius 2 is 2.00 bits per heavy atom. The zero-order valence-corrected chi connectivity index (χ0v) is 12.9. The predicted octanol–water partition coefficient (Wildman–Crippen LogP) is 4.34. The van der Waals surface area contributed by atoms with E-state index in [2.05, 4.69) is 26.1 Å². The molecule has 0 amide bonds. The van der Waals surface area contributed by atoms with Gasteiger partial charge < -0.3 is 10.4 Å². The van der Waals surface area contributed by atoms with Gasteiger partial charge in [-0.3, -0.25) is 0 Å². The van der Waals surface area contributed by atoms with Crippen molar-refractivity contribution in [2.75, 3.05) is 11.6 Å². The van der Waals surface area contributed by atoms with E-state index in [1.807, 2.05) is 24.5 Å². The Kier molecular flexibility index (Phi) is 6.22. The summed E-state index contributed by atoms with van der Waals surface area (Å²) in [4.78, 5) is 12.2. The second-order valence-corrected chi connectivity index (χ2v) is 6.05. The first-order chi connectivity index (χ1) is 8.95. The Hall–Kier alpha value is -1.16. The van der Waals surface area contributed by atoms with Crippen molar-refractivity contribution in [2.24, 2.45) is 5.92 Å². The number of aromatic carboxylic acids is 1. The maximum absolute atomic E-state index is 11.4. The van der Waals surface area contributed by atoms with Gasteiger partial charge in [0.2, 0.25) is 0 Å². The molecule has 2 N–H and O–H groups in total. The molecular weight excluding hydrogens is 258 g/mol. The van der Waals surface area contributed by atoms with Crippen molar-refractivity contribution in [3.05, 3.63) is 23.8 Å². The highest BCUT2D eigenvalue weighted by atomic mass is 32.2. The minimum absolute atomic E-state index is 0.276. The van der Waals surface area contributed by atoms with E-state index >= 15 is 0 Å². The van der Waals surface area contributed by atoms with Crippen molar-refractivity contribution in [3.8, 4) is 0 Å². The summed E-state index contributed by atoms with van der Waals surface area (Å²) in [7, 11) is 0. The van der Waals surface area contributed by atoms with Crippen LogP contribution in [0.2, 0.25) is 0 Å². The second-order valence-electron chi connectivity index (χ2n) is 5.20. The number of nitrogens with one attached hydrogen (secondary N) is 1. The van der Waals surface area contributed by atoms with E-state index in [0.717, 1.165) is 23.4 Å². The molecule has 19 heavy (non-hydrogen) atoms. The van der Waals surface area contributed by atoms with Gasteiger partial charge in [0, 0.05) is 10.9 Å². The first-order valence-electron chi connectivity index (χ1n) is 6.62. The fourth-order valence-electron chi connectivity index (χ4n) is 1.96. The molecule has 0 spiro atoms. The number of hydrogen-bond acceptors (Lipinski definition) is 3. The topological polar surface area (TPSA) is 49.3 Å². The van der Waals surface area contributed by atoms with Gasteiger partial charge in [0.05, 0.1) is 11.3 Å². The minimum atomic E-state index is -0.872. The zero-order chi connectivity index (χ0) is 14.4. The maximum atomic E-state index is 11.4. The molecule has 0 fully saturated rings. The molecule has 1 aromatic carbocycles. The fraction of sp³-hybridized carbons (Fsp3) is 0.533. The molecule has 0 bridgehead atoms. The van der Waals surface area contributed by atoms with Crippen LogP contribution in [-0.2, 0) is 0 Å². The first kappa shape index (κ1) is 15.9. The lowest BCUT2D eigenvalue weighted by molar-refractivity contribution is 0.0694. The van der Waals surface area contributed by atoms with Gasteiger partial charge >= 0.3 is 5.97 Å². The Bertz CT molecular complexity index is 432. The van der Waals surface area contributed by atoms with Gasteiger partial charge in [-0.15, -0.1) is 11.8 Å². The summed E-state index contributed by atoms with van der Waals surface area (Å²) in [6.07, 6.45) is 4.08. The van der Waals surface area contributed by atoms with E-state index in [9.17, 15) is 9.90 Å². The van der Waals surface area contributed by atoms with Gasteiger partial charge in [0.15, 0.2) is 0 Å². The molecule has 0 aliphatic rings. The Morgan fingerprint density at radius 3 is 2.53 bits per heavy atom. The van der Waals surface area contributed by atoms with Gasteiger partial charge in [-0.25, -0.2) is 4.79 Å². The number of thioether (sulfide) groups is 1. The summed E-state index contributed by atoms with van der Waals surface area (Å²) in [6, 6.07) is 5.86. The van der Waals surface area contributed by atoms with Crippen LogP contribution in [-0.4, -0.2) is 23.4 Å². The average Bonchev–Trinajstić information content (AvgIpc) is 2.35. The van der Waals surface area contributed by atoms with Crippen molar-refractivity contribution in [2.45, 2.75) is 44.6 Å². The van der Waals surface area contributed by atoms with Crippen molar-refractivity contribution in [3.63, 3.8) is 0 Å². The van der Waals surface area contributed by atoms with Gasteiger partial charge in [-0.1, -0.05) is 19.9 Å². The van der Waals surface area contributed by atoms with Gasteiger partial charge in [-0.2, -0.15) is 0 Å². The summed E-state index contributed by atoms with van der Waals surface area (Å²) in [6.45, 7) is 6.49. The normalized spacial score (nSPS) is 12.5. The highest BCUT2D eigenvalue weighted by molar-refractivity contribution is 7.98. The molecule has 0 aromatic heterocycles. The van der Waals surface area contributed by atoms with Crippen LogP contribution in [0.1, 0.15) is 44.0 Å². The number of benzene rings is 1. The minimum Gasteiger partial charge on any atom is -0.478 e. The number of carbonyl (C=O) groups is 1. The van der Waals surface area contributed by atoms with Crippen LogP contribution in [0.3, 0.4) is 0 Å². The van der Waals surface area contributed by atoms with Gasteiger partial charge in [-0.05, 0) is 44.1 Å². The lowest BCUT2D eigenvalue weighted by Gasteiger charge is -2.19. The Labute approximate surface area is 119 Å². The molecule has 0 aliphatic carbocycles. The highest BCUT2D eigenvalue weighted by Crippen LogP contribution is 2.28. The van der Waals surface area contributed by atoms with E-state index in [0.29, 0.717) is 11.5 Å². The summed E-state index contributed by atoms with van der Waals surface area (Å²) in [5.74, 6) is -0.204. The number of anilines is 1. The van der Waals surface area contributed by atoms with E-state index in [-0.39, 0.29) is 6.04 Å². The number of carboxylic acids is 1. The molecule has 0 heterocycles. The van der Waals surface area contributed by atoms with E-state index < -0.39 is 5.97 Å². The summed E-state index contributed by atoms with van der Waals surface area (Å²) in [5.41, 5.74) is 1.10. The zero-order valence-electron chi connectivity index (χ0n) is 12.1. The molecule has 1 atom stereocenters. The Balaban J connectivity index is 2.85. The third-order valence-electron chi connectivity index (χ3n) is 3.04. The molecule has 0 radical (unpaired) electrons. The molecule has 3 nitrogen and oxygen atoms in total. The standard InChI is InChI=1S/C15H23NO2S/c1-10(2)8-9-11(3)16-12-6-5-7-13(19-4)14(12)15(17)18/h5-7,10-11,16H,8-9H2,1-4H3,(H,17,18). The number of rotatable bonds is 7. The van der Waals surface area contributed by atoms with E-state index in [1.165, 1.54) is 11.8 Å². The van der Waals surface area contributed by atoms with Crippen LogP contribution in [0, 0.1) is 5.92 Å². The van der Waals surface area contributed by atoms with E-state index in [4.69, 9.17) is 0 Å². The quantitative estimate of drug-likeness (QED) is 0.730. The lowest BCUT2D eigenvalue weighted by atomic mass is 10.0. The smallest absolute Gasteiger partial charge is 0.338 e. The van der Waals surface area contributed by atoms with Crippen LogP contribution >= 0.6 is 11.8 Å². The van der Waals surface area contributed by atoms with Crippen LogP contribution in [0.4, 0.5) is 5.69 Å². The molecule has 1 rings (SSSR count). The van der Waals surface area contributed by atoms with Crippen molar-refractivity contribution in [1.82, 2.24) is 0 Å². The average molecular weight is 281 g/mol. The van der Waals surface area contributed by atoms with Crippen LogP contribution in [0.5, 0.6) is 0 Å². The SMILES string of the molecule is CSc1cccc(NC(C)CCC(C)C)c1C(=O)O. The molecular formula is C15H23NO2S. The molecule has 0 saturated heterocycles. The Morgan fingerprint density at radius 1 is 1.32 bits per heavy atom. The molecule has 0 saturated carbocycles.